The molecule has 0 saturated heterocycles. The summed E-state index contributed by atoms with van der Waals surface area (Å²) in [5, 5.41) is 11.6. The van der Waals surface area contributed by atoms with Gasteiger partial charge in [0, 0.05) is 10.8 Å². The second kappa shape index (κ2) is 3.31. The molecule has 1 heterocycles. The molecule has 1 nitrogen and oxygen atoms in total. The molecule has 20 heavy (non-hydrogen) atoms. The zero-order chi connectivity index (χ0) is 13.3. The summed E-state index contributed by atoms with van der Waals surface area (Å²) in [6.45, 7) is 2.24. The van der Waals surface area contributed by atoms with Gasteiger partial charge in [-0.3, -0.25) is 0 Å². The Hall–Kier alpha value is -2.54. The van der Waals surface area contributed by atoms with E-state index in [1.54, 1.807) is 0 Å². The molecule has 5 rings (SSSR count). The van der Waals surface area contributed by atoms with Gasteiger partial charge in [0.25, 0.3) is 0 Å². The first kappa shape index (κ1) is 10.3. The molecule has 1 aliphatic rings. The molecular weight excluding hydrogens is 242 g/mol. The predicted molar refractivity (Wildman–Crippen MR) is 87.0 cm³/mol. The molecule has 94 valence electrons. The van der Waals surface area contributed by atoms with Crippen LogP contribution in [0.3, 0.4) is 0 Å². The normalized spacial score (nSPS) is 12.7. The number of fused-ring (bicyclic) bond motifs is 7. The van der Waals surface area contributed by atoms with Crippen LogP contribution in [-0.2, 0) is 0 Å². The average molecular weight is 255 g/mol. The lowest BCUT2D eigenvalue weighted by Gasteiger charge is -2.08. The van der Waals surface area contributed by atoms with Gasteiger partial charge in [-0.25, -0.2) is 0 Å². The predicted octanol–water partition coefficient (Wildman–Crippen LogP) is 5.51. The SMILES string of the molecule is Cc1c2ccccc2cc2c1c1c(c3ccccc32)N1. The van der Waals surface area contributed by atoms with Gasteiger partial charge in [-0.15, -0.1) is 0 Å². The molecule has 0 aliphatic carbocycles. The molecule has 0 bridgehead atoms. The fourth-order valence-electron chi connectivity index (χ4n) is 3.48. The van der Waals surface area contributed by atoms with E-state index in [0.29, 0.717) is 0 Å². The van der Waals surface area contributed by atoms with Gasteiger partial charge in [-0.1, -0.05) is 48.5 Å². The van der Waals surface area contributed by atoms with E-state index in [0.717, 1.165) is 0 Å². The van der Waals surface area contributed by atoms with Crippen molar-refractivity contribution in [1.29, 1.82) is 0 Å². The Bertz CT molecular complexity index is 1030. The zero-order valence-electron chi connectivity index (χ0n) is 11.2. The van der Waals surface area contributed by atoms with E-state index in [4.69, 9.17) is 0 Å². The molecule has 0 amide bonds. The Morgan fingerprint density at radius 2 is 1.40 bits per heavy atom. The first-order valence-electron chi connectivity index (χ1n) is 6.98. The monoisotopic (exact) mass is 255 g/mol. The summed E-state index contributed by atoms with van der Waals surface area (Å²) >= 11 is 0. The van der Waals surface area contributed by atoms with Crippen LogP contribution in [0.15, 0.2) is 54.6 Å². The number of benzene rings is 4. The number of rotatable bonds is 0. The van der Waals surface area contributed by atoms with Gasteiger partial charge in [-0.2, -0.15) is 0 Å². The van der Waals surface area contributed by atoms with Gasteiger partial charge in [0.15, 0.2) is 0 Å². The molecular formula is C19H13N. The third kappa shape index (κ3) is 1.13. The summed E-state index contributed by atoms with van der Waals surface area (Å²) < 4.78 is 0. The van der Waals surface area contributed by atoms with Crippen molar-refractivity contribution in [2.75, 3.05) is 5.32 Å². The lowest BCUT2D eigenvalue weighted by Crippen LogP contribution is -1.82. The highest BCUT2D eigenvalue weighted by atomic mass is 15.0. The van der Waals surface area contributed by atoms with Gasteiger partial charge in [-0.05, 0) is 40.1 Å². The molecule has 0 aromatic heterocycles. The number of hydrogen-bond acceptors (Lipinski definition) is 1. The standard InChI is InChI=1S/C19H13N/c1-11-13-7-3-2-6-12(13)10-16-14-8-4-5-9-15(14)18-19(20-18)17(11)16/h2-10,20H,1H3. The van der Waals surface area contributed by atoms with Crippen molar-refractivity contribution < 1.29 is 0 Å². The van der Waals surface area contributed by atoms with Gasteiger partial charge < -0.3 is 5.32 Å². The smallest absolute Gasteiger partial charge is 0.0713 e. The van der Waals surface area contributed by atoms with Crippen molar-refractivity contribution in [3.8, 4) is 0 Å². The number of aryl methyl sites for hydroxylation is 1. The van der Waals surface area contributed by atoms with E-state index in [1.807, 2.05) is 0 Å². The quantitative estimate of drug-likeness (QED) is 0.220. The summed E-state index contributed by atoms with van der Waals surface area (Å²) in [4.78, 5) is 0. The van der Waals surface area contributed by atoms with Crippen LogP contribution >= 0.6 is 0 Å². The molecule has 0 spiro atoms. The summed E-state index contributed by atoms with van der Waals surface area (Å²) in [5.41, 5.74) is 4.01. The Balaban J connectivity index is 2.14. The Morgan fingerprint density at radius 3 is 2.25 bits per heavy atom. The fourth-order valence-corrected chi connectivity index (χ4v) is 3.48. The maximum absolute atomic E-state index is 3.48. The third-order valence-electron chi connectivity index (χ3n) is 4.48. The van der Waals surface area contributed by atoms with Crippen LogP contribution in [-0.4, -0.2) is 0 Å². The minimum Gasteiger partial charge on any atom is -0.351 e. The van der Waals surface area contributed by atoms with E-state index in [-0.39, 0.29) is 0 Å². The second-order valence-corrected chi connectivity index (χ2v) is 5.57. The van der Waals surface area contributed by atoms with E-state index < -0.39 is 0 Å². The van der Waals surface area contributed by atoms with Crippen LogP contribution in [0, 0.1) is 6.92 Å². The van der Waals surface area contributed by atoms with E-state index >= 15 is 0 Å². The second-order valence-electron chi connectivity index (χ2n) is 5.57. The maximum Gasteiger partial charge on any atom is 0.0713 e. The van der Waals surface area contributed by atoms with Gasteiger partial charge in [0.1, 0.15) is 0 Å². The van der Waals surface area contributed by atoms with Crippen LogP contribution in [0.4, 0.5) is 11.4 Å². The van der Waals surface area contributed by atoms with E-state index in [9.17, 15) is 0 Å². The molecule has 0 unspecified atom stereocenters. The lowest BCUT2D eigenvalue weighted by atomic mass is 9.94. The first-order chi connectivity index (χ1) is 9.84. The lowest BCUT2D eigenvalue weighted by molar-refractivity contribution is 1.60. The molecule has 0 fully saturated rings. The Kier molecular flexibility index (Phi) is 1.70. The largest absolute Gasteiger partial charge is 0.351 e. The Labute approximate surface area is 116 Å². The van der Waals surface area contributed by atoms with Crippen LogP contribution < -0.4 is 5.32 Å². The molecule has 1 heteroatoms. The molecule has 1 aliphatic heterocycles. The van der Waals surface area contributed by atoms with Crippen molar-refractivity contribution in [3.05, 3.63) is 60.2 Å². The highest BCUT2D eigenvalue weighted by Gasteiger charge is 2.25. The summed E-state index contributed by atoms with van der Waals surface area (Å²) in [6.07, 6.45) is 0. The maximum atomic E-state index is 3.48. The Morgan fingerprint density at radius 1 is 0.700 bits per heavy atom. The molecule has 0 saturated carbocycles. The van der Waals surface area contributed by atoms with Crippen LogP contribution in [0.25, 0.3) is 32.3 Å². The van der Waals surface area contributed by atoms with Crippen LogP contribution in [0.5, 0.6) is 0 Å². The topological polar surface area (TPSA) is 21.9 Å². The minimum absolute atomic E-state index is 1.31. The molecule has 4 aromatic carbocycles. The molecule has 4 aromatic rings. The number of anilines is 2. The van der Waals surface area contributed by atoms with Crippen molar-refractivity contribution in [3.63, 3.8) is 0 Å². The van der Waals surface area contributed by atoms with Crippen molar-refractivity contribution in [2.24, 2.45) is 0 Å². The number of nitrogens with one attached hydrogen (secondary N) is 1. The van der Waals surface area contributed by atoms with Crippen LogP contribution in [0.1, 0.15) is 5.56 Å². The van der Waals surface area contributed by atoms with E-state index in [1.165, 1.54) is 49.3 Å². The minimum atomic E-state index is 1.31. The van der Waals surface area contributed by atoms with Crippen LogP contribution in [0.2, 0.25) is 0 Å². The molecule has 0 atom stereocenters. The first-order valence-corrected chi connectivity index (χ1v) is 6.98. The van der Waals surface area contributed by atoms with Gasteiger partial charge in [0.05, 0.1) is 11.4 Å². The van der Waals surface area contributed by atoms with Crippen molar-refractivity contribution in [1.82, 2.24) is 0 Å². The summed E-state index contributed by atoms with van der Waals surface area (Å²) in [6, 6.07) is 19.7. The van der Waals surface area contributed by atoms with Crippen molar-refractivity contribution in [2.45, 2.75) is 6.92 Å². The highest BCUT2D eigenvalue weighted by molar-refractivity contribution is 6.30. The number of hydrogen-bond donors (Lipinski definition) is 1. The zero-order valence-corrected chi connectivity index (χ0v) is 11.2. The molecule has 0 radical (unpaired) electrons. The molecule has 1 N–H and O–H groups in total. The van der Waals surface area contributed by atoms with Crippen molar-refractivity contribution >= 4 is 43.7 Å². The average Bonchev–Trinajstić information content (AvgIpc) is 3.28. The van der Waals surface area contributed by atoms with E-state index in [2.05, 4.69) is 66.8 Å². The third-order valence-corrected chi connectivity index (χ3v) is 4.48. The highest BCUT2D eigenvalue weighted by Crippen LogP contribution is 2.52. The van der Waals surface area contributed by atoms with Gasteiger partial charge in [0.2, 0.25) is 0 Å². The summed E-state index contributed by atoms with van der Waals surface area (Å²) in [5.74, 6) is 0. The van der Waals surface area contributed by atoms with Gasteiger partial charge >= 0.3 is 0 Å². The summed E-state index contributed by atoms with van der Waals surface area (Å²) in [7, 11) is 0. The fraction of sp³-hybridized carbons (Fsp3) is 0.0526.